The van der Waals surface area contributed by atoms with Gasteiger partial charge in [-0.3, -0.25) is 0 Å². The Labute approximate surface area is 107 Å². The number of halogens is 1. The second-order valence-electron chi connectivity index (χ2n) is 4.37. The molecule has 1 aliphatic carbocycles. The van der Waals surface area contributed by atoms with Gasteiger partial charge in [0, 0.05) is 19.2 Å². The van der Waals surface area contributed by atoms with Crippen LogP contribution in [0.4, 0.5) is 0 Å². The molecular weight excluding hydrogens is 262 g/mol. The fourth-order valence-corrected chi connectivity index (χ4v) is 3.68. The molecule has 2 rings (SSSR count). The molecule has 0 aliphatic heterocycles. The summed E-state index contributed by atoms with van der Waals surface area (Å²) in [6.07, 6.45) is 2.98. The summed E-state index contributed by atoms with van der Waals surface area (Å²) in [5.41, 5.74) is 0. The Morgan fingerprint density at radius 3 is 2.59 bits per heavy atom. The van der Waals surface area contributed by atoms with Crippen LogP contribution >= 0.6 is 11.6 Å². The molecule has 17 heavy (non-hydrogen) atoms. The van der Waals surface area contributed by atoms with Gasteiger partial charge in [-0.2, -0.15) is 4.31 Å². The molecule has 0 N–H and O–H groups in total. The summed E-state index contributed by atoms with van der Waals surface area (Å²) in [7, 11) is -1.81. The van der Waals surface area contributed by atoms with Crippen molar-refractivity contribution in [3.05, 3.63) is 17.6 Å². The summed E-state index contributed by atoms with van der Waals surface area (Å²) in [6.45, 7) is 1.65. The molecule has 1 aromatic rings. The average Bonchev–Trinajstić information content (AvgIpc) is 2.57. The molecule has 0 saturated heterocycles. The lowest BCUT2D eigenvalue weighted by molar-refractivity contribution is 0.249. The highest BCUT2D eigenvalue weighted by molar-refractivity contribution is 7.89. The van der Waals surface area contributed by atoms with Gasteiger partial charge in [-0.25, -0.2) is 8.42 Å². The molecular formula is C11H16ClNO3S. The predicted molar refractivity (Wildman–Crippen MR) is 65.6 cm³/mol. The maximum absolute atomic E-state index is 12.3. The highest BCUT2D eigenvalue weighted by Crippen LogP contribution is 2.30. The fourth-order valence-electron chi connectivity index (χ4n) is 1.95. The monoisotopic (exact) mass is 277 g/mol. The number of sulfonamides is 1. The minimum Gasteiger partial charge on any atom is -0.464 e. The second-order valence-corrected chi connectivity index (χ2v) is 6.61. The molecule has 96 valence electrons. The first kappa shape index (κ1) is 12.9. The Morgan fingerprint density at radius 2 is 2.18 bits per heavy atom. The quantitative estimate of drug-likeness (QED) is 0.795. The molecule has 1 aliphatic rings. The lowest BCUT2D eigenvalue weighted by atomic mass is 9.94. The molecule has 0 atom stereocenters. The van der Waals surface area contributed by atoms with Gasteiger partial charge in [-0.1, -0.05) is 6.42 Å². The van der Waals surface area contributed by atoms with Gasteiger partial charge < -0.3 is 4.42 Å². The normalized spacial score (nSPS) is 17.4. The minimum atomic E-state index is -3.44. The van der Waals surface area contributed by atoms with Crippen molar-refractivity contribution in [2.24, 2.45) is 0 Å². The Kier molecular flexibility index (Phi) is 3.52. The molecule has 0 bridgehead atoms. The van der Waals surface area contributed by atoms with Gasteiger partial charge in [-0.15, -0.1) is 11.6 Å². The Hall–Kier alpha value is -0.520. The first-order chi connectivity index (χ1) is 7.96. The summed E-state index contributed by atoms with van der Waals surface area (Å²) in [5.74, 6) is 1.08. The van der Waals surface area contributed by atoms with Gasteiger partial charge in [0.25, 0.3) is 0 Å². The van der Waals surface area contributed by atoms with E-state index in [9.17, 15) is 8.42 Å². The van der Waals surface area contributed by atoms with Crippen LogP contribution in [0.5, 0.6) is 0 Å². The van der Waals surface area contributed by atoms with E-state index in [1.54, 1.807) is 14.0 Å². The average molecular weight is 278 g/mol. The van der Waals surface area contributed by atoms with E-state index in [1.807, 2.05) is 0 Å². The number of furan rings is 1. The zero-order valence-electron chi connectivity index (χ0n) is 9.94. The van der Waals surface area contributed by atoms with Crippen LogP contribution in [0, 0.1) is 6.92 Å². The van der Waals surface area contributed by atoms with Crippen LogP contribution in [0.15, 0.2) is 15.4 Å². The van der Waals surface area contributed by atoms with Gasteiger partial charge in [-0.05, 0) is 19.8 Å². The van der Waals surface area contributed by atoms with Crippen molar-refractivity contribution in [1.29, 1.82) is 0 Å². The number of alkyl halides is 1. The van der Waals surface area contributed by atoms with Gasteiger partial charge in [0.15, 0.2) is 0 Å². The van der Waals surface area contributed by atoms with Crippen molar-refractivity contribution in [3.63, 3.8) is 0 Å². The molecule has 0 unspecified atom stereocenters. The topological polar surface area (TPSA) is 50.5 Å². The number of hydrogen-bond acceptors (Lipinski definition) is 3. The number of rotatable bonds is 4. The fraction of sp³-hybridized carbons (Fsp3) is 0.636. The number of nitrogens with zero attached hydrogens (tertiary/aromatic N) is 1. The maximum Gasteiger partial charge on any atom is 0.246 e. The van der Waals surface area contributed by atoms with Crippen molar-refractivity contribution < 1.29 is 12.8 Å². The number of hydrogen-bond donors (Lipinski definition) is 0. The van der Waals surface area contributed by atoms with Crippen LogP contribution in [0.1, 0.15) is 30.8 Å². The van der Waals surface area contributed by atoms with E-state index in [-0.39, 0.29) is 16.8 Å². The van der Waals surface area contributed by atoms with Crippen molar-refractivity contribution in [1.82, 2.24) is 4.31 Å². The van der Waals surface area contributed by atoms with Gasteiger partial charge in [0.1, 0.15) is 16.4 Å². The minimum absolute atomic E-state index is 0.133. The highest BCUT2D eigenvalue weighted by atomic mass is 35.5. The van der Waals surface area contributed by atoms with Gasteiger partial charge in [0.2, 0.25) is 10.0 Å². The molecule has 0 aromatic carbocycles. The summed E-state index contributed by atoms with van der Waals surface area (Å²) in [5, 5.41) is 0. The van der Waals surface area contributed by atoms with Gasteiger partial charge >= 0.3 is 0 Å². The smallest absolute Gasteiger partial charge is 0.246 e. The van der Waals surface area contributed by atoms with Crippen LogP contribution in [0.2, 0.25) is 0 Å². The first-order valence-corrected chi connectivity index (χ1v) is 7.57. The first-order valence-electron chi connectivity index (χ1n) is 5.60. The largest absolute Gasteiger partial charge is 0.464 e. The van der Waals surface area contributed by atoms with Crippen LogP contribution < -0.4 is 0 Å². The molecule has 0 spiro atoms. The Morgan fingerprint density at radius 1 is 1.53 bits per heavy atom. The second kappa shape index (κ2) is 4.63. The zero-order chi connectivity index (χ0) is 12.6. The van der Waals surface area contributed by atoms with E-state index in [2.05, 4.69) is 0 Å². The third-order valence-corrected chi connectivity index (χ3v) is 5.58. The number of aryl methyl sites for hydroxylation is 1. The van der Waals surface area contributed by atoms with Crippen LogP contribution in [-0.4, -0.2) is 25.8 Å². The molecule has 1 aromatic heterocycles. The SMILES string of the molecule is Cc1oc(CCl)cc1S(=O)(=O)N(C)C1CCC1. The van der Waals surface area contributed by atoms with Crippen molar-refractivity contribution in [3.8, 4) is 0 Å². The molecule has 1 heterocycles. The zero-order valence-corrected chi connectivity index (χ0v) is 11.5. The van der Waals surface area contributed by atoms with Crippen molar-refractivity contribution >= 4 is 21.6 Å². The van der Waals surface area contributed by atoms with E-state index >= 15 is 0 Å². The third kappa shape index (κ3) is 2.23. The van der Waals surface area contributed by atoms with E-state index in [1.165, 1.54) is 10.4 Å². The van der Waals surface area contributed by atoms with E-state index in [4.69, 9.17) is 16.0 Å². The van der Waals surface area contributed by atoms with Gasteiger partial charge in [0.05, 0.1) is 5.88 Å². The van der Waals surface area contributed by atoms with Crippen molar-refractivity contribution in [2.75, 3.05) is 7.05 Å². The molecule has 1 saturated carbocycles. The predicted octanol–water partition coefficient (Wildman–Crippen LogP) is 2.50. The molecule has 0 amide bonds. The molecule has 0 radical (unpaired) electrons. The summed E-state index contributed by atoms with van der Waals surface area (Å²) < 4.78 is 31.4. The van der Waals surface area contributed by atoms with Crippen molar-refractivity contribution in [2.45, 2.75) is 43.0 Å². The molecule has 1 fully saturated rings. The summed E-state index contributed by atoms with van der Waals surface area (Å²) in [6, 6.07) is 1.65. The molecule has 6 heteroatoms. The van der Waals surface area contributed by atoms with E-state index in [0.29, 0.717) is 11.5 Å². The summed E-state index contributed by atoms with van der Waals surface area (Å²) in [4.78, 5) is 0.238. The van der Waals surface area contributed by atoms with Crippen LogP contribution in [0.25, 0.3) is 0 Å². The van der Waals surface area contributed by atoms with Crippen LogP contribution in [0.3, 0.4) is 0 Å². The Balaban J connectivity index is 2.33. The Bertz CT molecular complexity index is 505. The summed E-state index contributed by atoms with van der Waals surface area (Å²) >= 11 is 5.64. The van der Waals surface area contributed by atoms with E-state index < -0.39 is 10.0 Å². The van der Waals surface area contributed by atoms with E-state index in [0.717, 1.165) is 19.3 Å². The lowest BCUT2D eigenvalue weighted by Gasteiger charge is -2.33. The van der Waals surface area contributed by atoms with Crippen LogP contribution in [-0.2, 0) is 15.9 Å². The molecule has 4 nitrogen and oxygen atoms in total. The maximum atomic E-state index is 12.3. The lowest BCUT2D eigenvalue weighted by Crippen LogP contribution is -2.41. The standard InChI is InChI=1S/C11H16ClNO3S/c1-8-11(6-10(7-12)16-8)17(14,15)13(2)9-4-3-5-9/h6,9H,3-5,7H2,1-2H3. The third-order valence-electron chi connectivity index (χ3n) is 3.30. The highest BCUT2D eigenvalue weighted by Gasteiger charge is 2.33.